The summed E-state index contributed by atoms with van der Waals surface area (Å²) in [5, 5.41) is 9.73. The van der Waals surface area contributed by atoms with Crippen LogP contribution in [-0.2, 0) is 7.05 Å². The molecule has 1 atom stereocenters. The quantitative estimate of drug-likeness (QED) is 0.657. The minimum absolute atomic E-state index is 0.0839. The van der Waals surface area contributed by atoms with E-state index in [0.717, 1.165) is 15.0 Å². The molecule has 3 N–H and O–H groups in total. The highest BCUT2D eigenvalue weighted by Gasteiger charge is 2.19. The van der Waals surface area contributed by atoms with Crippen molar-refractivity contribution in [2.24, 2.45) is 12.9 Å². The maximum Gasteiger partial charge on any atom is 0.0997 e. The molecule has 80 valence electrons. The molecule has 0 amide bonds. The molecule has 0 saturated heterocycles. The molecule has 2 heterocycles. The summed E-state index contributed by atoms with van der Waals surface area (Å²) in [5.74, 6) is 5.56. The standard InChI is InChI=1S/C8H10BrN5S/c1-14-6(4-11-13-14)7(12-10)8-5(9)2-3-15-8/h2-4,7,12H,10H2,1H3. The Balaban J connectivity index is 2.41. The van der Waals surface area contributed by atoms with E-state index in [4.69, 9.17) is 5.84 Å². The van der Waals surface area contributed by atoms with Crippen molar-refractivity contribution in [3.63, 3.8) is 0 Å². The van der Waals surface area contributed by atoms with Crippen molar-refractivity contribution in [1.29, 1.82) is 0 Å². The Morgan fingerprint density at radius 3 is 2.93 bits per heavy atom. The van der Waals surface area contributed by atoms with Gasteiger partial charge in [0, 0.05) is 16.4 Å². The molecule has 0 radical (unpaired) electrons. The fourth-order valence-electron chi connectivity index (χ4n) is 1.37. The van der Waals surface area contributed by atoms with Gasteiger partial charge in [0.1, 0.15) is 0 Å². The van der Waals surface area contributed by atoms with Gasteiger partial charge >= 0.3 is 0 Å². The Kier molecular flexibility index (Phi) is 3.15. The molecule has 5 nitrogen and oxygen atoms in total. The van der Waals surface area contributed by atoms with Gasteiger partial charge in [-0.3, -0.25) is 10.5 Å². The molecule has 7 heteroatoms. The predicted molar refractivity (Wildman–Crippen MR) is 62.2 cm³/mol. The maximum absolute atomic E-state index is 5.56. The van der Waals surface area contributed by atoms with Crippen molar-refractivity contribution in [2.75, 3.05) is 0 Å². The zero-order valence-electron chi connectivity index (χ0n) is 8.01. The molecule has 15 heavy (non-hydrogen) atoms. The zero-order chi connectivity index (χ0) is 10.8. The molecule has 0 saturated carbocycles. The summed E-state index contributed by atoms with van der Waals surface area (Å²) in [5.41, 5.74) is 3.70. The van der Waals surface area contributed by atoms with Crippen LogP contribution < -0.4 is 11.3 Å². The first-order valence-corrected chi connectivity index (χ1v) is 5.95. The fourth-order valence-corrected chi connectivity index (χ4v) is 3.04. The van der Waals surface area contributed by atoms with Crippen LogP contribution in [0.1, 0.15) is 16.6 Å². The fraction of sp³-hybridized carbons (Fsp3) is 0.250. The van der Waals surface area contributed by atoms with Gasteiger partial charge in [0.05, 0.1) is 17.9 Å². The third kappa shape index (κ3) is 1.96. The Morgan fingerprint density at radius 2 is 2.47 bits per heavy atom. The molecule has 2 aromatic rings. The number of nitrogens with two attached hydrogens (primary N) is 1. The molecule has 0 aliphatic heterocycles. The van der Waals surface area contributed by atoms with Crippen molar-refractivity contribution < 1.29 is 0 Å². The Bertz CT molecular complexity index is 411. The molecule has 0 aliphatic carbocycles. The molecule has 0 bridgehead atoms. The van der Waals surface area contributed by atoms with E-state index in [9.17, 15) is 0 Å². The lowest BCUT2D eigenvalue weighted by atomic mass is 10.2. The Morgan fingerprint density at radius 1 is 1.67 bits per heavy atom. The summed E-state index contributed by atoms with van der Waals surface area (Å²) in [6.45, 7) is 0. The average molecular weight is 288 g/mol. The van der Waals surface area contributed by atoms with Gasteiger partial charge in [-0.05, 0) is 27.4 Å². The smallest absolute Gasteiger partial charge is 0.0997 e. The van der Waals surface area contributed by atoms with Gasteiger partial charge in [-0.1, -0.05) is 5.21 Å². The van der Waals surface area contributed by atoms with Crippen LogP contribution in [0.4, 0.5) is 0 Å². The van der Waals surface area contributed by atoms with E-state index < -0.39 is 0 Å². The number of halogens is 1. The minimum Gasteiger partial charge on any atom is -0.270 e. The first-order chi connectivity index (χ1) is 7.24. The Labute approximate surface area is 99.4 Å². The highest BCUT2D eigenvalue weighted by Crippen LogP contribution is 2.31. The van der Waals surface area contributed by atoms with Gasteiger partial charge < -0.3 is 0 Å². The number of hydrazine groups is 1. The molecular weight excluding hydrogens is 278 g/mol. The van der Waals surface area contributed by atoms with Gasteiger partial charge in [-0.2, -0.15) is 0 Å². The second kappa shape index (κ2) is 4.40. The van der Waals surface area contributed by atoms with Crippen LogP contribution in [0.3, 0.4) is 0 Å². The van der Waals surface area contributed by atoms with Crippen molar-refractivity contribution in [1.82, 2.24) is 20.4 Å². The van der Waals surface area contributed by atoms with Crippen LogP contribution in [0, 0.1) is 0 Å². The van der Waals surface area contributed by atoms with E-state index in [1.165, 1.54) is 0 Å². The summed E-state index contributed by atoms with van der Waals surface area (Å²) < 4.78 is 2.74. The number of aromatic nitrogens is 3. The molecule has 0 fully saturated rings. The number of nitrogens with one attached hydrogen (secondary N) is 1. The van der Waals surface area contributed by atoms with E-state index in [0.29, 0.717) is 0 Å². The van der Waals surface area contributed by atoms with Crippen LogP contribution in [0.15, 0.2) is 22.1 Å². The maximum atomic E-state index is 5.56. The number of nitrogens with zero attached hydrogens (tertiary/aromatic N) is 3. The van der Waals surface area contributed by atoms with Crippen LogP contribution in [-0.4, -0.2) is 15.0 Å². The normalized spacial score (nSPS) is 13.0. The van der Waals surface area contributed by atoms with Gasteiger partial charge in [0.2, 0.25) is 0 Å². The number of thiophene rings is 1. The number of rotatable bonds is 3. The van der Waals surface area contributed by atoms with Crippen LogP contribution in [0.25, 0.3) is 0 Å². The van der Waals surface area contributed by atoms with Crippen LogP contribution >= 0.6 is 27.3 Å². The summed E-state index contributed by atoms with van der Waals surface area (Å²) in [7, 11) is 1.84. The SMILES string of the molecule is Cn1nncc1C(NN)c1sccc1Br. The summed E-state index contributed by atoms with van der Waals surface area (Å²) in [6.07, 6.45) is 1.71. The lowest BCUT2D eigenvalue weighted by Crippen LogP contribution is -2.30. The minimum atomic E-state index is -0.0839. The van der Waals surface area contributed by atoms with E-state index in [1.54, 1.807) is 22.2 Å². The first kappa shape index (κ1) is 10.7. The lowest BCUT2D eigenvalue weighted by molar-refractivity contribution is 0.575. The average Bonchev–Trinajstić information content (AvgIpc) is 2.80. The molecule has 2 aromatic heterocycles. The molecule has 0 aromatic carbocycles. The third-order valence-corrected chi connectivity index (χ3v) is 4.05. The second-order valence-electron chi connectivity index (χ2n) is 3.01. The summed E-state index contributed by atoms with van der Waals surface area (Å²) in [4.78, 5) is 1.11. The number of hydrogen-bond acceptors (Lipinski definition) is 5. The van der Waals surface area contributed by atoms with Gasteiger partial charge in [-0.25, -0.2) is 5.43 Å². The Hall–Kier alpha value is -0.760. The zero-order valence-corrected chi connectivity index (χ0v) is 10.4. The van der Waals surface area contributed by atoms with Crippen LogP contribution in [0.5, 0.6) is 0 Å². The molecular formula is C8H10BrN5S. The van der Waals surface area contributed by atoms with Gasteiger partial charge in [-0.15, -0.1) is 16.4 Å². The van der Waals surface area contributed by atoms with Gasteiger partial charge in [0.25, 0.3) is 0 Å². The van der Waals surface area contributed by atoms with E-state index >= 15 is 0 Å². The number of hydrogen-bond donors (Lipinski definition) is 2. The largest absolute Gasteiger partial charge is 0.270 e. The highest BCUT2D eigenvalue weighted by molar-refractivity contribution is 9.10. The molecule has 0 aliphatic rings. The first-order valence-electron chi connectivity index (χ1n) is 4.27. The van der Waals surface area contributed by atoms with Gasteiger partial charge in [0.15, 0.2) is 0 Å². The van der Waals surface area contributed by atoms with Crippen molar-refractivity contribution in [3.8, 4) is 0 Å². The molecule has 2 rings (SSSR count). The molecule has 1 unspecified atom stereocenters. The van der Waals surface area contributed by atoms with E-state index in [-0.39, 0.29) is 6.04 Å². The summed E-state index contributed by atoms with van der Waals surface area (Å²) in [6, 6.07) is 1.91. The monoisotopic (exact) mass is 287 g/mol. The second-order valence-corrected chi connectivity index (χ2v) is 4.82. The van der Waals surface area contributed by atoms with E-state index in [2.05, 4.69) is 31.7 Å². The summed E-state index contributed by atoms with van der Waals surface area (Å²) >= 11 is 5.11. The highest BCUT2D eigenvalue weighted by atomic mass is 79.9. The van der Waals surface area contributed by atoms with Crippen LogP contribution in [0.2, 0.25) is 0 Å². The predicted octanol–water partition coefficient (Wildman–Crippen LogP) is 1.19. The van der Waals surface area contributed by atoms with Crippen molar-refractivity contribution in [3.05, 3.63) is 32.7 Å². The van der Waals surface area contributed by atoms with Crippen molar-refractivity contribution in [2.45, 2.75) is 6.04 Å². The molecule has 0 spiro atoms. The topological polar surface area (TPSA) is 68.8 Å². The lowest BCUT2D eigenvalue weighted by Gasteiger charge is -2.14. The number of aryl methyl sites for hydroxylation is 1. The third-order valence-electron chi connectivity index (χ3n) is 2.12. The van der Waals surface area contributed by atoms with E-state index in [1.807, 2.05) is 18.5 Å². The van der Waals surface area contributed by atoms with Crippen molar-refractivity contribution >= 4 is 27.3 Å².